The third-order valence-corrected chi connectivity index (χ3v) is 2.70. The van der Waals surface area contributed by atoms with E-state index in [-0.39, 0.29) is 22.6 Å². The van der Waals surface area contributed by atoms with Gasteiger partial charge in [0, 0.05) is 0 Å². The Hall–Kier alpha value is -0.100. The molecule has 0 rings (SSSR count). The molecule has 0 aromatic heterocycles. The molecule has 16 heavy (non-hydrogen) atoms. The molecule has 0 aliphatic rings. The van der Waals surface area contributed by atoms with Crippen molar-refractivity contribution in [3.63, 3.8) is 0 Å². The second-order valence-corrected chi connectivity index (χ2v) is 4.24. The van der Waals surface area contributed by atoms with Crippen LogP contribution in [0.3, 0.4) is 0 Å². The van der Waals surface area contributed by atoms with Gasteiger partial charge in [-0.2, -0.15) is 0 Å². The fourth-order valence-electron chi connectivity index (χ4n) is 1.01. The molecule has 0 saturated carbocycles. The lowest BCUT2D eigenvalue weighted by Crippen LogP contribution is -2.07. The fraction of sp³-hybridized carbons (Fsp3) is 0.800. The first-order valence-electron chi connectivity index (χ1n) is 5.14. The van der Waals surface area contributed by atoms with Crippen LogP contribution < -0.4 is 0 Å². The largest absolute Gasteiger partial charge is 0.465 e. The average molecular weight is 360 g/mol. The van der Waals surface area contributed by atoms with E-state index in [0.29, 0.717) is 13.2 Å². The van der Waals surface area contributed by atoms with Crippen LogP contribution in [0.1, 0.15) is 25.7 Å². The van der Waals surface area contributed by atoms with Crippen molar-refractivity contribution >= 4 is 43.8 Å². The van der Waals surface area contributed by atoms with Crippen LogP contribution >= 0.6 is 31.9 Å². The fourth-order valence-corrected chi connectivity index (χ4v) is 1.33. The van der Waals surface area contributed by atoms with Gasteiger partial charge in [0.05, 0.1) is 13.2 Å². The molecule has 0 unspecified atom stereocenters. The van der Waals surface area contributed by atoms with E-state index in [4.69, 9.17) is 9.47 Å². The standard InChI is InChI=1S/C10H16Br2O4/c11-7-9(13)15-5-3-1-2-4-6-16-10(14)8-12/h1-8H2. The Morgan fingerprint density at radius 1 is 0.750 bits per heavy atom. The summed E-state index contributed by atoms with van der Waals surface area (Å²) in [6.45, 7) is 0.928. The first-order chi connectivity index (χ1) is 7.70. The predicted molar refractivity (Wildman–Crippen MR) is 68.0 cm³/mol. The van der Waals surface area contributed by atoms with Crippen LogP contribution in [0.2, 0.25) is 0 Å². The van der Waals surface area contributed by atoms with Crippen LogP contribution in [0.25, 0.3) is 0 Å². The van der Waals surface area contributed by atoms with E-state index in [1.54, 1.807) is 0 Å². The molecule has 6 heteroatoms. The van der Waals surface area contributed by atoms with Crippen LogP contribution in [0.5, 0.6) is 0 Å². The Morgan fingerprint density at radius 2 is 1.12 bits per heavy atom. The van der Waals surface area contributed by atoms with Gasteiger partial charge < -0.3 is 9.47 Å². The van der Waals surface area contributed by atoms with Crippen molar-refractivity contribution in [2.45, 2.75) is 25.7 Å². The number of carbonyl (C=O) groups is 2. The van der Waals surface area contributed by atoms with Crippen molar-refractivity contribution in [3.8, 4) is 0 Å². The summed E-state index contributed by atoms with van der Waals surface area (Å²) >= 11 is 6.02. The van der Waals surface area contributed by atoms with Crippen LogP contribution in [-0.4, -0.2) is 35.8 Å². The molecule has 4 nitrogen and oxygen atoms in total. The van der Waals surface area contributed by atoms with Crippen LogP contribution in [0.15, 0.2) is 0 Å². The number of halogens is 2. The molecular formula is C10H16Br2O4. The summed E-state index contributed by atoms with van der Waals surface area (Å²) < 4.78 is 9.75. The van der Waals surface area contributed by atoms with E-state index < -0.39 is 0 Å². The highest BCUT2D eigenvalue weighted by Gasteiger charge is 2.00. The summed E-state index contributed by atoms with van der Waals surface area (Å²) in [6, 6.07) is 0. The number of rotatable bonds is 9. The van der Waals surface area contributed by atoms with Crippen LogP contribution in [0, 0.1) is 0 Å². The normalized spacial score (nSPS) is 9.88. The van der Waals surface area contributed by atoms with E-state index in [2.05, 4.69) is 31.9 Å². The zero-order valence-corrected chi connectivity index (χ0v) is 12.2. The van der Waals surface area contributed by atoms with E-state index in [9.17, 15) is 9.59 Å². The van der Waals surface area contributed by atoms with Crippen molar-refractivity contribution < 1.29 is 19.1 Å². The molecule has 0 saturated heterocycles. The van der Waals surface area contributed by atoms with Gasteiger partial charge in [-0.25, -0.2) is 0 Å². The lowest BCUT2D eigenvalue weighted by atomic mass is 10.2. The van der Waals surface area contributed by atoms with E-state index in [0.717, 1.165) is 25.7 Å². The molecule has 0 fully saturated rings. The summed E-state index contributed by atoms with van der Waals surface area (Å²) in [4.78, 5) is 21.4. The lowest BCUT2D eigenvalue weighted by molar-refractivity contribution is -0.141. The Morgan fingerprint density at radius 3 is 1.44 bits per heavy atom. The van der Waals surface area contributed by atoms with Crippen molar-refractivity contribution in [2.24, 2.45) is 0 Å². The monoisotopic (exact) mass is 358 g/mol. The molecule has 0 aliphatic heterocycles. The Kier molecular flexibility index (Phi) is 11.3. The topological polar surface area (TPSA) is 52.6 Å². The number of unbranched alkanes of at least 4 members (excludes halogenated alkanes) is 3. The molecule has 0 N–H and O–H groups in total. The van der Waals surface area contributed by atoms with E-state index in [1.165, 1.54) is 0 Å². The molecule has 0 radical (unpaired) electrons. The number of alkyl halides is 2. The maximum Gasteiger partial charge on any atom is 0.316 e. The number of hydrogen-bond acceptors (Lipinski definition) is 4. The van der Waals surface area contributed by atoms with Gasteiger partial charge in [-0.15, -0.1) is 0 Å². The van der Waals surface area contributed by atoms with Gasteiger partial charge in [0.1, 0.15) is 10.7 Å². The number of ether oxygens (including phenoxy) is 2. The van der Waals surface area contributed by atoms with Gasteiger partial charge in [0.25, 0.3) is 0 Å². The minimum absolute atomic E-state index is 0.230. The maximum atomic E-state index is 10.7. The molecule has 0 spiro atoms. The molecule has 0 heterocycles. The van der Waals surface area contributed by atoms with Crippen LogP contribution in [0.4, 0.5) is 0 Å². The van der Waals surface area contributed by atoms with E-state index >= 15 is 0 Å². The quantitative estimate of drug-likeness (QED) is 0.360. The number of esters is 2. The molecular weight excluding hydrogens is 344 g/mol. The smallest absolute Gasteiger partial charge is 0.316 e. The van der Waals surface area contributed by atoms with Gasteiger partial charge in [-0.1, -0.05) is 31.9 Å². The summed E-state index contributed by atoms with van der Waals surface area (Å²) in [6.07, 6.45) is 3.65. The van der Waals surface area contributed by atoms with Gasteiger partial charge in [0.15, 0.2) is 0 Å². The lowest BCUT2D eigenvalue weighted by Gasteiger charge is -2.04. The minimum atomic E-state index is -0.230. The molecule has 0 aromatic rings. The third-order valence-electron chi connectivity index (χ3n) is 1.78. The zero-order chi connectivity index (χ0) is 12.2. The van der Waals surface area contributed by atoms with Crippen molar-refractivity contribution in [2.75, 3.05) is 23.9 Å². The minimum Gasteiger partial charge on any atom is -0.465 e. The molecule has 0 amide bonds. The summed E-state index contributed by atoms with van der Waals surface area (Å²) in [7, 11) is 0. The molecule has 94 valence electrons. The highest BCUT2D eigenvalue weighted by atomic mass is 79.9. The number of carbonyl (C=O) groups excluding carboxylic acids is 2. The zero-order valence-electron chi connectivity index (χ0n) is 9.05. The van der Waals surface area contributed by atoms with E-state index in [1.807, 2.05) is 0 Å². The average Bonchev–Trinajstić information content (AvgIpc) is 2.31. The van der Waals surface area contributed by atoms with Gasteiger partial charge >= 0.3 is 11.9 Å². The highest BCUT2D eigenvalue weighted by molar-refractivity contribution is 9.09. The first kappa shape index (κ1) is 15.9. The number of hydrogen-bond donors (Lipinski definition) is 0. The van der Waals surface area contributed by atoms with Gasteiger partial charge in [0.2, 0.25) is 0 Å². The maximum absolute atomic E-state index is 10.7. The second kappa shape index (κ2) is 11.4. The summed E-state index contributed by atoms with van der Waals surface area (Å²) in [5.74, 6) is -0.461. The Labute approximate surface area is 112 Å². The predicted octanol–water partition coefficient (Wildman–Crippen LogP) is 2.42. The van der Waals surface area contributed by atoms with Crippen molar-refractivity contribution in [1.29, 1.82) is 0 Å². The summed E-state index contributed by atoms with van der Waals surface area (Å²) in [5, 5.41) is 0.491. The van der Waals surface area contributed by atoms with Crippen molar-refractivity contribution in [1.82, 2.24) is 0 Å². The second-order valence-electron chi connectivity index (χ2n) is 3.12. The van der Waals surface area contributed by atoms with Crippen molar-refractivity contribution in [3.05, 3.63) is 0 Å². The summed E-state index contributed by atoms with van der Waals surface area (Å²) in [5.41, 5.74) is 0. The Bertz CT molecular complexity index is 187. The SMILES string of the molecule is O=C(CBr)OCCCCCCOC(=O)CBr. The van der Waals surface area contributed by atoms with Gasteiger partial charge in [-0.3, -0.25) is 9.59 Å². The molecule has 0 aromatic carbocycles. The highest BCUT2D eigenvalue weighted by Crippen LogP contribution is 2.01. The Balaban J connectivity index is 3.10. The van der Waals surface area contributed by atoms with Crippen LogP contribution in [-0.2, 0) is 19.1 Å². The third kappa shape index (κ3) is 10.4. The molecule has 0 atom stereocenters. The van der Waals surface area contributed by atoms with Gasteiger partial charge in [-0.05, 0) is 25.7 Å². The first-order valence-corrected chi connectivity index (χ1v) is 7.38. The molecule has 0 aliphatic carbocycles. The molecule has 0 bridgehead atoms.